The van der Waals surface area contributed by atoms with Crippen LogP contribution >= 0.6 is 0 Å². The van der Waals surface area contributed by atoms with Crippen LogP contribution in [0.5, 0.6) is 0 Å². The van der Waals surface area contributed by atoms with Crippen LogP contribution in [0.4, 0.5) is 4.79 Å². The summed E-state index contributed by atoms with van der Waals surface area (Å²) in [5, 5.41) is 13.0. The number of aromatic nitrogens is 1. The summed E-state index contributed by atoms with van der Waals surface area (Å²) in [5.74, 6) is 0. The van der Waals surface area contributed by atoms with Crippen molar-refractivity contribution >= 4 is 17.0 Å². The van der Waals surface area contributed by atoms with E-state index in [0.717, 1.165) is 23.9 Å². The van der Waals surface area contributed by atoms with Gasteiger partial charge in [-0.05, 0) is 50.8 Å². The number of likely N-dealkylation sites (tertiary alicyclic amines) is 1. The maximum absolute atomic E-state index is 12.5. The van der Waals surface area contributed by atoms with Crippen LogP contribution in [0.3, 0.4) is 0 Å². The molecule has 0 spiro atoms. The third kappa shape index (κ3) is 5.84. The number of carbonyl (C=O) groups excluding carboxylic acids is 1. The quantitative estimate of drug-likeness (QED) is 0.789. The van der Waals surface area contributed by atoms with Crippen LogP contribution in [-0.2, 0) is 16.0 Å². The molecule has 8 nitrogen and oxygen atoms in total. The minimum Gasteiger partial charge on any atom is -0.444 e. The molecule has 1 saturated heterocycles. The van der Waals surface area contributed by atoms with E-state index in [2.05, 4.69) is 16.3 Å². The molecule has 3 rings (SSSR count). The molecule has 2 atom stereocenters. The van der Waals surface area contributed by atoms with Gasteiger partial charge < -0.3 is 19.4 Å². The topological polar surface area (TPSA) is 96.6 Å². The number of methoxy groups -OCH3 is 1. The summed E-state index contributed by atoms with van der Waals surface area (Å²) >= 11 is 0. The molecule has 1 N–H and O–H groups in total. The van der Waals surface area contributed by atoms with Crippen molar-refractivity contribution in [2.45, 2.75) is 51.5 Å². The Morgan fingerprint density at radius 1 is 1.26 bits per heavy atom. The first kappa shape index (κ1) is 22.8. The molecule has 0 saturated carbocycles. The summed E-state index contributed by atoms with van der Waals surface area (Å²) < 4.78 is 12.7. The number of fused-ring (bicyclic) bond motifs is 1. The van der Waals surface area contributed by atoms with Gasteiger partial charge in [0.15, 0.2) is 0 Å². The van der Waals surface area contributed by atoms with E-state index >= 15 is 0 Å². The number of piperidine rings is 1. The summed E-state index contributed by atoms with van der Waals surface area (Å²) in [6, 6.07) is 10.7. The van der Waals surface area contributed by atoms with Crippen molar-refractivity contribution < 1.29 is 14.3 Å². The lowest BCUT2D eigenvalue weighted by molar-refractivity contribution is -0.00306. The Morgan fingerprint density at radius 2 is 2.00 bits per heavy atom. The SMILES string of the molecule is COC1CN(CCn2c(=O)ccc3ccc(C#N)cc32)CCC1NC(=O)OC(C)(C)C. The van der Waals surface area contributed by atoms with E-state index in [1.54, 1.807) is 35.9 Å². The van der Waals surface area contributed by atoms with E-state index in [0.29, 0.717) is 25.2 Å². The average molecular weight is 427 g/mol. The molecule has 2 heterocycles. The predicted molar refractivity (Wildman–Crippen MR) is 118 cm³/mol. The van der Waals surface area contributed by atoms with E-state index in [1.807, 2.05) is 26.8 Å². The van der Waals surface area contributed by atoms with E-state index in [9.17, 15) is 14.9 Å². The molecule has 2 aromatic rings. The van der Waals surface area contributed by atoms with Gasteiger partial charge in [-0.1, -0.05) is 6.07 Å². The van der Waals surface area contributed by atoms with Gasteiger partial charge in [-0.25, -0.2) is 4.79 Å². The number of hydrogen-bond donors (Lipinski definition) is 1. The van der Waals surface area contributed by atoms with Crippen molar-refractivity contribution in [3.63, 3.8) is 0 Å². The van der Waals surface area contributed by atoms with E-state index in [1.165, 1.54) is 0 Å². The van der Waals surface area contributed by atoms with Gasteiger partial charge in [-0.3, -0.25) is 9.69 Å². The molecule has 166 valence electrons. The second-order valence-corrected chi connectivity index (χ2v) is 8.82. The standard InChI is InChI=1S/C23H30N4O4/c1-23(2,3)31-22(29)25-18-9-10-26(15-20(18)30-4)11-12-27-19-13-16(14-24)5-6-17(19)7-8-21(27)28/h5-8,13,18,20H,9-12,15H2,1-4H3,(H,25,29). The first-order valence-electron chi connectivity index (χ1n) is 10.5. The van der Waals surface area contributed by atoms with Crippen LogP contribution in [-0.4, -0.2) is 60.1 Å². The zero-order valence-corrected chi connectivity index (χ0v) is 18.6. The number of amides is 1. The first-order valence-corrected chi connectivity index (χ1v) is 10.5. The highest BCUT2D eigenvalue weighted by molar-refractivity contribution is 5.80. The van der Waals surface area contributed by atoms with Crippen molar-refractivity contribution in [3.05, 3.63) is 46.2 Å². The predicted octanol–water partition coefficient (Wildman–Crippen LogP) is 2.49. The zero-order valence-electron chi connectivity index (χ0n) is 18.6. The van der Waals surface area contributed by atoms with Gasteiger partial charge >= 0.3 is 6.09 Å². The molecule has 8 heteroatoms. The second-order valence-electron chi connectivity index (χ2n) is 8.82. The lowest BCUT2D eigenvalue weighted by Gasteiger charge is -2.38. The Kier molecular flexibility index (Phi) is 6.98. The molecular formula is C23H30N4O4. The molecule has 0 aliphatic carbocycles. The minimum absolute atomic E-state index is 0.0904. The third-order valence-corrected chi connectivity index (χ3v) is 5.41. The van der Waals surface area contributed by atoms with Crippen molar-refractivity contribution in [2.75, 3.05) is 26.7 Å². The average Bonchev–Trinajstić information content (AvgIpc) is 2.72. The molecule has 0 bridgehead atoms. The fourth-order valence-electron chi connectivity index (χ4n) is 3.88. The molecule has 0 radical (unpaired) electrons. The number of rotatable bonds is 5. The number of pyridine rings is 1. The summed E-state index contributed by atoms with van der Waals surface area (Å²) in [4.78, 5) is 26.8. The van der Waals surface area contributed by atoms with E-state index < -0.39 is 11.7 Å². The van der Waals surface area contributed by atoms with Gasteiger partial charge in [-0.15, -0.1) is 0 Å². The highest BCUT2D eigenvalue weighted by Gasteiger charge is 2.31. The Hall–Kier alpha value is -2.89. The largest absolute Gasteiger partial charge is 0.444 e. The minimum atomic E-state index is -0.551. The van der Waals surface area contributed by atoms with Crippen molar-refractivity contribution in [2.24, 2.45) is 0 Å². The molecule has 1 amide bonds. The van der Waals surface area contributed by atoms with Crippen LogP contribution in [0.2, 0.25) is 0 Å². The molecule has 1 aromatic carbocycles. The maximum atomic E-state index is 12.5. The Labute approximate surface area is 182 Å². The van der Waals surface area contributed by atoms with Crippen molar-refractivity contribution in [1.29, 1.82) is 5.26 Å². The summed E-state index contributed by atoms with van der Waals surface area (Å²) in [6.07, 6.45) is 0.111. The van der Waals surface area contributed by atoms with Gasteiger partial charge in [-0.2, -0.15) is 5.26 Å². The van der Waals surface area contributed by atoms with Crippen LogP contribution in [0.15, 0.2) is 35.1 Å². The van der Waals surface area contributed by atoms with Crippen LogP contribution in [0.25, 0.3) is 10.9 Å². The molecule has 1 fully saturated rings. The first-order chi connectivity index (χ1) is 14.7. The number of benzene rings is 1. The molecule has 1 aromatic heterocycles. The fourth-order valence-corrected chi connectivity index (χ4v) is 3.88. The smallest absolute Gasteiger partial charge is 0.407 e. The number of carbonyl (C=O) groups is 1. The van der Waals surface area contributed by atoms with Gasteiger partial charge in [0.1, 0.15) is 5.60 Å². The van der Waals surface area contributed by atoms with Crippen molar-refractivity contribution in [1.82, 2.24) is 14.8 Å². The highest BCUT2D eigenvalue weighted by Crippen LogP contribution is 2.17. The Bertz CT molecular complexity index is 1030. The number of nitriles is 1. The van der Waals surface area contributed by atoms with Gasteiger partial charge in [0, 0.05) is 39.4 Å². The monoisotopic (exact) mass is 426 g/mol. The number of ether oxygens (including phenoxy) is 2. The number of nitrogens with one attached hydrogen (secondary N) is 1. The van der Waals surface area contributed by atoms with Gasteiger partial charge in [0.05, 0.1) is 29.3 Å². The molecular weight excluding hydrogens is 396 g/mol. The number of hydrogen-bond acceptors (Lipinski definition) is 6. The van der Waals surface area contributed by atoms with Gasteiger partial charge in [0.25, 0.3) is 5.56 Å². The lowest BCUT2D eigenvalue weighted by Crippen LogP contribution is -2.55. The van der Waals surface area contributed by atoms with Crippen LogP contribution < -0.4 is 10.9 Å². The third-order valence-electron chi connectivity index (χ3n) is 5.41. The van der Waals surface area contributed by atoms with Crippen LogP contribution in [0.1, 0.15) is 32.8 Å². The Morgan fingerprint density at radius 3 is 2.68 bits per heavy atom. The van der Waals surface area contributed by atoms with Gasteiger partial charge in [0.2, 0.25) is 0 Å². The zero-order chi connectivity index (χ0) is 22.6. The maximum Gasteiger partial charge on any atom is 0.407 e. The summed E-state index contributed by atoms with van der Waals surface area (Å²) in [6.45, 7) is 8.07. The molecule has 1 aliphatic rings. The van der Waals surface area contributed by atoms with Crippen molar-refractivity contribution in [3.8, 4) is 6.07 Å². The second kappa shape index (κ2) is 9.50. The fraction of sp³-hybridized carbons (Fsp3) is 0.522. The molecule has 2 unspecified atom stereocenters. The van der Waals surface area contributed by atoms with E-state index in [4.69, 9.17) is 9.47 Å². The summed E-state index contributed by atoms with van der Waals surface area (Å²) in [7, 11) is 1.64. The highest BCUT2D eigenvalue weighted by atomic mass is 16.6. The van der Waals surface area contributed by atoms with Crippen LogP contribution in [0, 0.1) is 11.3 Å². The van der Waals surface area contributed by atoms with E-state index in [-0.39, 0.29) is 17.7 Å². The summed E-state index contributed by atoms with van der Waals surface area (Å²) in [5.41, 5.74) is 0.647. The molecule has 1 aliphatic heterocycles. The normalized spacial score (nSPS) is 19.7. The molecule has 31 heavy (non-hydrogen) atoms. The lowest BCUT2D eigenvalue weighted by atomic mass is 10.0. The number of alkyl carbamates (subject to hydrolysis) is 1. The number of nitrogens with zero attached hydrogens (tertiary/aromatic N) is 3. The Balaban J connectivity index is 1.65.